The highest BCUT2D eigenvalue weighted by Crippen LogP contribution is 2.21. The van der Waals surface area contributed by atoms with E-state index in [-0.39, 0.29) is 23.2 Å². The predicted octanol–water partition coefficient (Wildman–Crippen LogP) is 2.27. The molecule has 0 fully saturated rings. The number of aryl methyl sites for hydroxylation is 1. The minimum absolute atomic E-state index is 0.122. The highest BCUT2D eigenvalue weighted by atomic mass is 79.9. The van der Waals surface area contributed by atoms with Crippen molar-refractivity contribution >= 4 is 26.0 Å². The molecule has 0 amide bonds. The molecular formula is C13H11BrN4O4S. The van der Waals surface area contributed by atoms with Crippen LogP contribution in [0.4, 0.5) is 0 Å². The van der Waals surface area contributed by atoms with Crippen molar-refractivity contribution in [3.8, 4) is 11.5 Å². The molecule has 0 radical (unpaired) electrons. The Kier molecular flexibility index (Phi) is 4.28. The minimum atomic E-state index is -3.70. The molecule has 1 N–H and O–H groups in total. The number of rotatable bonds is 5. The molecule has 0 saturated heterocycles. The van der Waals surface area contributed by atoms with Crippen LogP contribution in [0.25, 0.3) is 11.5 Å². The third-order valence-electron chi connectivity index (χ3n) is 2.86. The van der Waals surface area contributed by atoms with Gasteiger partial charge in [-0.3, -0.25) is 0 Å². The van der Waals surface area contributed by atoms with E-state index in [2.05, 4.69) is 35.9 Å². The second-order valence-corrected chi connectivity index (χ2v) is 7.18. The number of nitrogens with zero attached hydrogens (tertiary/aromatic N) is 3. The zero-order valence-electron chi connectivity index (χ0n) is 11.9. The first-order valence-corrected chi connectivity index (χ1v) is 8.74. The van der Waals surface area contributed by atoms with Crippen molar-refractivity contribution in [3.63, 3.8) is 0 Å². The normalized spacial score (nSPS) is 11.7. The number of halogens is 1. The Morgan fingerprint density at radius 3 is 2.70 bits per heavy atom. The summed E-state index contributed by atoms with van der Waals surface area (Å²) in [5, 5.41) is 7.50. The van der Waals surface area contributed by atoms with Crippen molar-refractivity contribution in [3.05, 3.63) is 46.5 Å². The fourth-order valence-electron chi connectivity index (χ4n) is 1.80. The van der Waals surface area contributed by atoms with E-state index in [0.717, 1.165) is 0 Å². The maximum atomic E-state index is 12.2. The van der Waals surface area contributed by atoms with E-state index < -0.39 is 10.0 Å². The first-order valence-electron chi connectivity index (χ1n) is 6.46. The number of hydrogen-bond acceptors (Lipinski definition) is 7. The van der Waals surface area contributed by atoms with Gasteiger partial charge in [0.15, 0.2) is 5.69 Å². The van der Waals surface area contributed by atoms with Crippen molar-refractivity contribution in [2.24, 2.45) is 0 Å². The van der Waals surface area contributed by atoms with Crippen LogP contribution in [-0.4, -0.2) is 23.7 Å². The van der Waals surface area contributed by atoms with E-state index in [1.165, 1.54) is 6.07 Å². The third-order valence-corrected chi connectivity index (χ3v) is 5.28. The molecule has 120 valence electrons. The van der Waals surface area contributed by atoms with Crippen molar-refractivity contribution in [1.29, 1.82) is 0 Å². The van der Waals surface area contributed by atoms with Gasteiger partial charge in [-0.1, -0.05) is 22.4 Å². The van der Waals surface area contributed by atoms with Gasteiger partial charge in [-0.05, 0) is 35.0 Å². The van der Waals surface area contributed by atoms with Crippen LogP contribution < -0.4 is 4.72 Å². The molecule has 0 unspecified atom stereocenters. The summed E-state index contributed by atoms with van der Waals surface area (Å²) in [6.45, 7) is 1.61. The number of hydrogen-bond donors (Lipinski definition) is 1. The van der Waals surface area contributed by atoms with E-state index in [1.54, 1.807) is 31.2 Å². The molecule has 0 atom stereocenters. The predicted molar refractivity (Wildman–Crippen MR) is 82.7 cm³/mol. The Labute approximate surface area is 140 Å². The molecule has 3 aromatic rings. The topological polar surface area (TPSA) is 111 Å². The van der Waals surface area contributed by atoms with Crippen LogP contribution in [0.5, 0.6) is 0 Å². The zero-order chi connectivity index (χ0) is 16.4. The standard InChI is InChI=1S/C13H11BrN4O4S/c1-8-6-10(17-21-8)13-16-12(22-18-13)7-15-23(19,20)11-5-3-2-4-9(11)14/h2-6,15H,7H2,1H3. The smallest absolute Gasteiger partial charge is 0.242 e. The van der Waals surface area contributed by atoms with E-state index in [0.29, 0.717) is 15.9 Å². The lowest BCUT2D eigenvalue weighted by Crippen LogP contribution is -2.23. The first kappa shape index (κ1) is 15.8. The molecule has 1 aromatic carbocycles. The third kappa shape index (κ3) is 3.49. The van der Waals surface area contributed by atoms with Gasteiger partial charge in [0.05, 0.1) is 11.4 Å². The van der Waals surface area contributed by atoms with E-state index >= 15 is 0 Å². The van der Waals surface area contributed by atoms with Gasteiger partial charge in [0.25, 0.3) is 0 Å². The highest BCUT2D eigenvalue weighted by Gasteiger charge is 2.19. The molecule has 3 rings (SSSR count). The molecule has 0 aliphatic carbocycles. The summed E-state index contributed by atoms with van der Waals surface area (Å²) in [4.78, 5) is 4.21. The maximum absolute atomic E-state index is 12.2. The second-order valence-electron chi connectivity index (χ2n) is 4.59. The molecule has 0 spiro atoms. The molecule has 0 aliphatic rings. The van der Waals surface area contributed by atoms with Crippen LogP contribution in [0.2, 0.25) is 0 Å². The minimum Gasteiger partial charge on any atom is -0.361 e. The van der Waals surface area contributed by atoms with Crippen LogP contribution in [0.15, 0.2) is 48.7 Å². The Bertz CT molecular complexity index is 935. The summed E-state index contributed by atoms with van der Waals surface area (Å²) >= 11 is 3.21. The fourth-order valence-corrected chi connectivity index (χ4v) is 3.78. The fraction of sp³-hybridized carbons (Fsp3) is 0.154. The number of aromatic nitrogens is 3. The molecule has 0 bridgehead atoms. The van der Waals surface area contributed by atoms with Crippen LogP contribution in [0, 0.1) is 6.92 Å². The lowest BCUT2D eigenvalue weighted by atomic mass is 10.4. The lowest BCUT2D eigenvalue weighted by molar-refractivity contribution is 0.374. The van der Waals surface area contributed by atoms with Gasteiger partial charge in [-0.15, -0.1) is 0 Å². The maximum Gasteiger partial charge on any atom is 0.242 e. The monoisotopic (exact) mass is 398 g/mol. The van der Waals surface area contributed by atoms with E-state index in [4.69, 9.17) is 9.05 Å². The summed E-state index contributed by atoms with van der Waals surface area (Å²) < 4.78 is 37.3. The Balaban J connectivity index is 1.74. The van der Waals surface area contributed by atoms with Crippen LogP contribution >= 0.6 is 15.9 Å². The van der Waals surface area contributed by atoms with Crippen molar-refractivity contribution in [2.75, 3.05) is 0 Å². The zero-order valence-corrected chi connectivity index (χ0v) is 14.3. The molecule has 0 saturated carbocycles. The van der Waals surface area contributed by atoms with Crippen LogP contribution in [-0.2, 0) is 16.6 Å². The average molecular weight is 399 g/mol. The van der Waals surface area contributed by atoms with Gasteiger partial charge in [0, 0.05) is 10.5 Å². The average Bonchev–Trinajstić information content (AvgIpc) is 3.14. The Morgan fingerprint density at radius 1 is 1.22 bits per heavy atom. The molecule has 2 aromatic heterocycles. The van der Waals surface area contributed by atoms with Gasteiger partial charge in [0.1, 0.15) is 5.76 Å². The summed E-state index contributed by atoms with van der Waals surface area (Å²) in [6.07, 6.45) is 0. The number of nitrogens with one attached hydrogen (secondary N) is 1. The highest BCUT2D eigenvalue weighted by molar-refractivity contribution is 9.10. The lowest BCUT2D eigenvalue weighted by Gasteiger charge is -2.06. The van der Waals surface area contributed by atoms with Gasteiger partial charge >= 0.3 is 0 Å². The van der Waals surface area contributed by atoms with Gasteiger partial charge in [-0.25, -0.2) is 13.1 Å². The summed E-state index contributed by atoms with van der Waals surface area (Å²) in [5.74, 6) is 0.967. The molecular weight excluding hydrogens is 388 g/mol. The molecule has 0 aliphatic heterocycles. The molecule has 23 heavy (non-hydrogen) atoms. The van der Waals surface area contributed by atoms with E-state index in [9.17, 15) is 8.42 Å². The summed E-state index contributed by atoms with van der Waals surface area (Å²) in [5.41, 5.74) is 0.422. The molecule has 10 heteroatoms. The number of sulfonamides is 1. The Morgan fingerprint density at radius 2 is 2.00 bits per heavy atom. The van der Waals surface area contributed by atoms with Crippen molar-refractivity contribution in [2.45, 2.75) is 18.4 Å². The van der Waals surface area contributed by atoms with Gasteiger partial charge < -0.3 is 9.05 Å². The van der Waals surface area contributed by atoms with Crippen molar-refractivity contribution < 1.29 is 17.5 Å². The van der Waals surface area contributed by atoms with Crippen molar-refractivity contribution in [1.82, 2.24) is 20.0 Å². The largest absolute Gasteiger partial charge is 0.361 e. The van der Waals surface area contributed by atoms with Crippen LogP contribution in [0.3, 0.4) is 0 Å². The van der Waals surface area contributed by atoms with Gasteiger partial charge in [0.2, 0.25) is 21.7 Å². The first-order chi connectivity index (χ1) is 11.0. The van der Waals surface area contributed by atoms with Crippen LogP contribution in [0.1, 0.15) is 11.7 Å². The number of benzene rings is 1. The molecule has 8 nitrogen and oxygen atoms in total. The summed E-state index contributed by atoms with van der Waals surface area (Å²) in [7, 11) is -3.70. The van der Waals surface area contributed by atoms with Gasteiger partial charge in [-0.2, -0.15) is 4.98 Å². The second kappa shape index (κ2) is 6.22. The Hall–Kier alpha value is -2.04. The van der Waals surface area contributed by atoms with E-state index in [1.807, 2.05) is 0 Å². The molecule has 2 heterocycles. The SMILES string of the molecule is Cc1cc(-c2noc(CNS(=O)(=O)c3ccccc3Br)n2)no1. The summed E-state index contributed by atoms with van der Waals surface area (Å²) in [6, 6.07) is 8.15. The quantitative estimate of drug-likeness (QED) is 0.701.